The number of amides is 1. The summed E-state index contributed by atoms with van der Waals surface area (Å²) >= 11 is 1.63. The molecule has 1 saturated heterocycles. The minimum Gasteiger partial charge on any atom is -0.326 e. The highest BCUT2D eigenvalue weighted by atomic mass is 32.1. The Kier molecular flexibility index (Phi) is 4.03. The van der Waals surface area contributed by atoms with Crippen LogP contribution in [0, 0.1) is 12.8 Å². The van der Waals surface area contributed by atoms with Gasteiger partial charge in [-0.3, -0.25) is 4.79 Å². The van der Waals surface area contributed by atoms with Crippen LogP contribution in [0.15, 0.2) is 29.6 Å². The summed E-state index contributed by atoms with van der Waals surface area (Å²) in [5, 5.41) is 9.42. The van der Waals surface area contributed by atoms with Crippen molar-refractivity contribution >= 4 is 22.9 Å². The van der Waals surface area contributed by atoms with Crippen LogP contribution in [0.5, 0.6) is 0 Å². The van der Waals surface area contributed by atoms with Gasteiger partial charge in [0, 0.05) is 22.7 Å². The molecule has 2 atom stereocenters. The van der Waals surface area contributed by atoms with Crippen molar-refractivity contribution in [3.63, 3.8) is 0 Å². The lowest BCUT2D eigenvalue weighted by molar-refractivity contribution is -0.119. The first-order chi connectivity index (χ1) is 10.1. The van der Waals surface area contributed by atoms with Crippen molar-refractivity contribution in [2.24, 2.45) is 5.92 Å². The third-order valence-electron chi connectivity index (χ3n) is 3.91. The van der Waals surface area contributed by atoms with E-state index >= 15 is 0 Å². The number of nitrogens with one attached hydrogen (secondary N) is 2. The van der Waals surface area contributed by atoms with Gasteiger partial charge in [0.05, 0.1) is 16.6 Å². The molecule has 1 amide bonds. The predicted octanol–water partition coefficient (Wildman–Crippen LogP) is 3.06. The third kappa shape index (κ3) is 3.14. The van der Waals surface area contributed by atoms with E-state index in [1.165, 1.54) is 0 Å². The SMILES string of the molecule is Cc1nc(-c2cccc(NC(=O)C3CCNC3C)c2)cs1. The van der Waals surface area contributed by atoms with E-state index in [0.717, 1.165) is 34.9 Å². The van der Waals surface area contributed by atoms with Gasteiger partial charge < -0.3 is 10.6 Å². The van der Waals surface area contributed by atoms with Gasteiger partial charge in [0.25, 0.3) is 0 Å². The Labute approximate surface area is 128 Å². The number of nitrogens with zero attached hydrogens (tertiary/aromatic N) is 1. The molecule has 1 aromatic carbocycles. The molecule has 1 aromatic heterocycles. The largest absolute Gasteiger partial charge is 0.326 e. The average Bonchev–Trinajstić information content (AvgIpc) is 3.08. The molecular formula is C16H19N3OS. The van der Waals surface area contributed by atoms with Crippen LogP contribution in [-0.2, 0) is 4.79 Å². The van der Waals surface area contributed by atoms with E-state index in [2.05, 4.69) is 22.5 Å². The maximum atomic E-state index is 12.3. The number of benzene rings is 1. The van der Waals surface area contributed by atoms with E-state index in [1.807, 2.05) is 36.6 Å². The second kappa shape index (κ2) is 5.95. The maximum absolute atomic E-state index is 12.3. The van der Waals surface area contributed by atoms with Crippen LogP contribution in [0.3, 0.4) is 0 Å². The highest BCUT2D eigenvalue weighted by Gasteiger charge is 2.29. The molecule has 0 aliphatic carbocycles. The van der Waals surface area contributed by atoms with Crippen LogP contribution in [0.2, 0.25) is 0 Å². The fraction of sp³-hybridized carbons (Fsp3) is 0.375. The van der Waals surface area contributed by atoms with Crippen LogP contribution in [0.1, 0.15) is 18.4 Å². The fourth-order valence-corrected chi connectivity index (χ4v) is 3.33. The number of thiazole rings is 1. The number of hydrogen-bond donors (Lipinski definition) is 2. The number of aryl methyl sites for hydroxylation is 1. The first kappa shape index (κ1) is 14.2. The summed E-state index contributed by atoms with van der Waals surface area (Å²) in [5.41, 5.74) is 2.83. The Hall–Kier alpha value is -1.72. The van der Waals surface area contributed by atoms with Crippen molar-refractivity contribution in [2.75, 3.05) is 11.9 Å². The van der Waals surface area contributed by atoms with Gasteiger partial charge in [0.1, 0.15) is 0 Å². The zero-order valence-corrected chi connectivity index (χ0v) is 13.0. The molecule has 0 spiro atoms. The highest BCUT2D eigenvalue weighted by molar-refractivity contribution is 7.09. The molecular weight excluding hydrogens is 282 g/mol. The number of anilines is 1. The highest BCUT2D eigenvalue weighted by Crippen LogP contribution is 2.25. The van der Waals surface area contributed by atoms with Crippen molar-refractivity contribution in [1.82, 2.24) is 10.3 Å². The Morgan fingerprint density at radius 1 is 1.48 bits per heavy atom. The van der Waals surface area contributed by atoms with Gasteiger partial charge in [0.2, 0.25) is 5.91 Å². The van der Waals surface area contributed by atoms with E-state index in [-0.39, 0.29) is 17.9 Å². The van der Waals surface area contributed by atoms with Crippen molar-refractivity contribution < 1.29 is 4.79 Å². The molecule has 5 heteroatoms. The van der Waals surface area contributed by atoms with Crippen molar-refractivity contribution in [2.45, 2.75) is 26.3 Å². The topological polar surface area (TPSA) is 54.0 Å². The molecule has 2 unspecified atom stereocenters. The summed E-state index contributed by atoms with van der Waals surface area (Å²) < 4.78 is 0. The minimum absolute atomic E-state index is 0.0511. The zero-order chi connectivity index (χ0) is 14.8. The van der Waals surface area contributed by atoms with Gasteiger partial charge in [-0.15, -0.1) is 11.3 Å². The molecule has 0 bridgehead atoms. The lowest BCUT2D eigenvalue weighted by atomic mass is 10.0. The fourth-order valence-electron chi connectivity index (χ4n) is 2.70. The van der Waals surface area contributed by atoms with E-state index in [9.17, 15) is 4.79 Å². The summed E-state index contributed by atoms with van der Waals surface area (Å²) in [4.78, 5) is 16.8. The molecule has 0 saturated carbocycles. The average molecular weight is 301 g/mol. The Bertz CT molecular complexity index is 652. The van der Waals surface area contributed by atoms with Gasteiger partial charge in [0.15, 0.2) is 0 Å². The van der Waals surface area contributed by atoms with Crippen LogP contribution >= 0.6 is 11.3 Å². The molecule has 2 heterocycles. The molecule has 3 rings (SSSR count). The number of carbonyl (C=O) groups excluding carboxylic acids is 1. The minimum atomic E-state index is 0.0511. The summed E-state index contributed by atoms with van der Waals surface area (Å²) in [6, 6.07) is 8.13. The van der Waals surface area contributed by atoms with Gasteiger partial charge >= 0.3 is 0 Å². The number of carbonyl (C=O) groups is 1. The molecule has 2 N–H and O–H groups in total. The maximum Gasteiger partial charge on any atom is 0.229 e. The Morgan fingerprint density at radius 2 is 2.33 bits per heavy atom. The van der Waals surface area contributed by atoms with Crippen LogP contribution < -0.4 is 10.6 Å². The number of aromatic nitrogens is 1. The molecule has 21 heavy (non-hydrogen) atoms. The van der Waals surface area contributed by atoms with Gasteiger partial charge in [-0.2, -0.15) is 0 Å². The predicted molar refractivity (Wildman–Crippen MR) is 86.5 cm³/mol. The van der Waals surface area contributed by atoms with Crippen LogP contribution in [-0.4, -0.2) is 23.5 Å². The lowest BCUT2D eigenvalue weighted by Gasteiger charge is -2.15. The summed E-state index contributed by atoms with van der Waals surface area (Å²) in [6.45, 7) is 4.97. The van der Waals surface area contributed by atoms with Crippen molar-refractivity contribution in [1.29, 1.82) is 0 Å². The molecule has 1 fully saturated rings. The van der Waals surface area contributed by atoms with E-state index in [4.69, 9.17) is 0 Å². The van der Waals surface area contributed by atoms with Crippen LogP contribution in [0.25, 0.3) is 11.3 Å². The van der Waals surface area contributed by atoms with Gasteiger partial charge in [-0.05, 0) is 38.9 Å². The molecule has 2 aromatic rings. The normalized spacial score (nSPS) is 21.4. The Morgan fingerprint density at radius 3 is 3.00 bits per heavy atom. The number of rotatable bonds is 3. The van der Waals surface area contributed by atoms with E-state index in [1.54, 1.807) is 11.3 Å². The lowest BCUT2D eigenvalue weighted by Crippen LogP contribution is -2.32. The molecule has 0 radical (unpaired) electrons. The Balaban J connectivity index is 1.76. The van der Waals surface area contributed by atoms with E-state index in [0.29, 0.717) is 0 Å². The van der Waals surface area contributed by atoms with Gasteiger partial charge in [-0.1, -0.05) is 12.1 Å². The first-order valence-corrected chi connectivity index (χ1v) is 8.08. The molecule has 1 aliphatic heterocycles. The molecule has 4 nitrogen and oxygen atoms in total. The summed E-state index contributed by atoms with van der Waals surface area (Å²) in [5.74, 6) is 0.147. The summed E-state index contributed by atoms with van der Waals surface area (Å²) in [6.07, 6.45) is 0.901. The second-order valence-electron chi connectivity index (χ2n) is 5.46. The third-order valence-corrected chi connectivity index (χ3v) is 4.68. The van der Waals surface area contributed by atoms with Crippen molar-refractivity contribution in [3.05, 3.63) is 34.7 Å². The zero-order valence-electron chi connectivity index (χ0n) is 12.2. The van der Waals surface area contributed by atoms with Crippen molar-refractivity contribution in [3.8, 4) is 11.3 Å². The standard InChI is InChI=1S/C16H19N3OS/c1-10-14(6-7-17-10)16(20)19-13-5-3-4-12(8-13)15-9-21-11(2)18-15/h3-5,8-10,14,17H,6-7H2,1-2H3,(H,19,20). The number of hydrogen-bond acceptors (Lipinski definition) is 4. The smallest absolute Gasteiger partial charge is 0.229 e. The second-order valence-corrected chi connectivity index (χ2v) is 6.52. The van der Waals surface area contributed by atoms with Crippen LogP contribution in [0.4, 0.5) is 5.69 Å². The monoisotopic (exact) mass is 301 g/mol. The molecule has 110 valence electrons. The van der Waals surface area contributed by atoms with E-state index < -0.39 is 0 Å². The summed E-state index contributed by atoms with van der Waals surface area (Å²) in [7, 11) is 0. The first-order valence-electron chi connectivity index (χ1n) is 7.20. The quantitative estimate of drug-likeness (QED) is 0.916. The molecule has 1 aliphatic rings. The van der Waals surface area contributed by atoms with Gasteiger partial charge in [-0.25, -0.2) is 4.98 Å².